The molecule has 88 valence electrons. The predicted octanol–water partition coefficient (Wildman–Crippen LogP) is 0.959. The molecule has 0 amide bonds. The molecular formula is C10H18O5. The van der Waals surface area contributed by atoms with Crippen LogP contribution in [0.5, 0.6) is 0 Å². The summed E-state index contributed by atoms with van der Waals surface area (Å²) in [5.74, 6) is -3.62. The molecule has 3 N–H and O–H groups in total. The summed E-state index contributed by atoms with van der Waals surface area (Å²) in [5.41, 5.74) is 0. The van der Waals surface area contributed by atoms with Crippen LogP contribution < -0.4 is 0 Å². The monoisotopic (exact) mass is 218 g/mol. The maximum atomic E-state index is 10.7. The molecule has 0 aromatic heterocycles. The Morgan fingerprint density at radius 2 is 1.60 bits per heavy atom. The molecule has 0 fully saturated rings. The molecule has 0 saturated carbocycles. The van der Waals surface area contributed by atoms with Crippen LogP contribution in [0.3, 0.4) is 0 Å². The summed E-state index contributed by atoms with van der Waals surface area (Å²) in [5, 5.41) is 27.1. The van der Waals surface area contributed by atoms with E-state index < -0.39 is 29.9 Å². The lowest BCUT2D eigenvalue weighted by Crippen LogP contribution is -2.31. The average Bonchev–Trinajstić information content (AvgIpc) is 2.14. The molecule has 0 aliphatic rings. The maximum Gasteiger partial charge on any atom is 0.309 e. The second kappa shape index (κ2) is 6.40. The summed E-state index contributed by atoms with van der Waals surface area (Å²) < 4.78 is 0. The number of hydrogen-bond acceptors (Lipinski definition) is 3. The molecule has 0 heterocycles. The fourth-order valence-corrected chi connectivity index (χ4v) is 1.51. The Hall–Kier alpha value is -1.10. The van der Waals surface area contributed by atoms with E-state index in [2.05, 4.69) is 0 Å². The maximum absolute atomic E-state index is 10.7. The molecule has 5 nitrogen and oxygen atoms in total. The van der Waals surface area contributed by atoms with Gasteiger partial charge in [-0.3, -0.25) is 9.59 Å². The van der Waals surface area contributed by atoms with Crippen molar-refractivity contribution >= 4 is 11.9 Å². The summed E-state index contributed by atoms with van der Waals surface area (Å²) in [6.07, 6.45) is -0.403. The number of aliphatic hydroxyl groups excluding tert-OH is 1. The molecule has 15 heavy (non-hydrogen) atoms. The first-order valence-corrected chi connectivity index (χ1v) is 5.07. The van der Waals surface area contributed by atoms with Gasteiger partial charge in [-0.1, -0.05) is 13.8 Å². The van der Waals surface area contributed by atoms with Gasteiger partial charge in [0.2, 0.25) is 0 Å². The third-order valence-electron chi connectivity index (χ3n) is 2.59. The van der Waals surface area contributed by atoms with Gasteiger partial charge < -0.3 is 15.3 Å². The largest absolute Gasteiger partial charge is 0.481 e. The van der Waals surface area contributed by atoms with Gasteiger partial charge >= 0.3 is 11.9 Å². The van der Waals surface area contributed by atoms with Gasteiger partial charge in [0.1, 0.15) is 0 Å². The van der Waals surface area contributed by atoms with Crippen LogP contribution in [0, 0.1) is 11.8 Å². The first-order valence-electron chi connectivity index (χ1n) is 5.07. The third kappa shape index (κ3) is 4.29. The number of carbonyl (C=O) groups is 2. The lowest BCUT2D eigenvalue weighted by Gasteiger charge is -2.20. The fourth-order valence-electron chi connectivity index (χ4n) is 1.51. The van der Waals surface area contributed by atoms with Crippen molar-refractivity contribution < 1.29 is 24.9 Å². The van der Waals surface area contributed by atoms with Crippen molar-refractivity contribution in [1.82, 2.24) is 0 Å². The zero-order valence-electron chi connectivity index (χ0n) is 9.01. The molecule has 0 aromatic carbocycles. The van der Waals surface area contributed by atoms with Crippen LogP contribution >= 0.6 is 0 Å². The van der Waals surface area contributed by atoms with Crippen LogP contribution in [0.25, 0.3) is 0 Å². The Morgan fingerprint density at radius 3 is 1.87 bits per heavy atom. The van der Waals surface area contributed by atoms with E-state index in [0.29, 0.717) is 12.8 Å². The Kier molecular flexibility index (Phi) is 5.93. The summed E-state index contributed by atoms with van der Waals surface area (Å²) in [7, 11) is 0. The van der Waals surface area contributed by atoms with Crippen LogP contribution in [0.4, 0.5) is 0 Å². The molecule has 3 unspecified atom stereocenters. The summed E-state index contributed by atoms with van der Waals surface area (Å²) in [4.78, 5) is 21.4. The predicted molar refractivity (Wildman–Crippen MR) is 53.5 cm³/mol. The number of carboxylic acids is 2. The van der Waals surface area contributed by atoms with E-state index in [4.69, 9.17) is 10.2 Å². The standard InChI is InChI=1S/C10H18O5/c1-3-6(9(12)13)5-8(11)7(4-2)10(14)15/h6-8,11H,3-5H2,1-2H3,(H,12,13)(H,14,15). The first kappa shape index (κ1) is 13.9. The zero-order chi connectivity index (χ0) is 12.0. The minimum atomic E-state index is -1.09. The molecule has 0 bridgehead atoms. The topological polar surface area (TPSA) is 94.8 Å². The molecular weight excluding hydrogens is 200 g/mol. The van der Waals surface area contributed by atoms with Crippen LogP contribution in [0.2, 0.25) is 0 Å². The SMILES string of the molecule is CCC(CC(O)C(CC)C(=O)O)C(=O)O. The van der Waals surface area contributed by atoms with E-state index in [-0.39, 0.29) is 6.42 Å². The van der Waals surface area contributed by atoms with Gasteiger partial charge in [0, 0.05) is 0 Å². The molecule has 0 aliphatic carbocycles. The highest BCUT2D eigenvalue weighted by Gasteiger charge is 2.28. The van der Waals surface area contributed by atoms with Crippen molar-refractivity contribution in [3.8, 4) is 0 Å². The van der Waals surface area contributed by atoms with E-state index >= 15 is 0 Å². The van der Waals surface area contributed by atoms with Gasteiger partial charge in [-0.15, -0.1) is 0 Å². The summed E-state index contributed by atoms with van der Waals surface area (Å²) in [6.45, 7) is 3.36. The highest BCUT2D eigenvalue weighted by Crippen LogP contribution is 2.19. The molecule has 0 radical (unpaired) electrons. The second-order valence-corrected chi connectivity index (χ2v) is 3.60. The van der Waals surface area contributed by atoms with Crippen LogP contribution in [-0.4, -0.2) is 33.4 Å². The lowest BCUT2D eigenvalue weighted by atomic mass is 9.90. The highest BCUT2D eigenvalue weighted by molar-refractivity contribution is 5.72. The number of rotatable bonds is 7. The Bertz CT molecular complexity index is 226. The van der Waals surface area contributed by atoms with Gasteiger partial charge in [0.25, 0.3) is 0 Å². The van der Waals surface area contributed by atoms with E-state index in [9.17, 15) is 14.7 Å². The van der Waals surface area contributed by atoms with Gasteiger partial charge in [-0.05, 0) is 19.3 Å². The number of hydrogen-bond donors (Lipinski definition) is 3. The number of carboxylic acid groups (broad SMARTS) is 2. The first-order chi connectivity index (χ1) is 6.93. The smallest absolute Gasteiger partial charge is 0.309 e. The average molecular weight is 218 g/mol. The summed E-state index contributed by atoms with van der Waals surface area (Å²) in [6, 6.07) is 0. The normalized spacial score (nSPS) is 16.7. The van der Waals surface area contributed by atoms with Crippen molar-refractivity contribution in [1.29, 1.82) is 0 Å². The highest BCUT2D eigenvalue weighted by atomic mass is 16.4. The molecule has 0 spiro atoms. The van der Waals surface area contributed by atoms with Crippen LogP contribution in [-0.2, 0) is 9.59 Å². The van der Waals surface area contributed by atoms with E-state index in [1.165, 1.54) is 0 Å². The van der Waals surface area contributed by atoms with Crippen molar-refractivity contribution in [3.05, 3.63) is 0 Å². The minimum absolute atomic E-state index is 0.00333. The molecule has 0 saturated heterocycles. The van der Waals surface area contributed by atoms with Crippen molar-refractivity contribution in [2.24, 2.45) is 11.8 Å². The number of aliphatic carboxylic acids is 2. The molecule has 0 aliphatic heterocycles. The van der Waals surface area contributed by atoms with Crippen molar-refractivity contribution in [2.75, 3.05) is 0 Å². The van der Waals surface area contributed by atoms with Crippen molar-refractivity contribution in [3.63, 3.8) is 0 Å². The Balaban J connectivity index is 4.37. The summed E-state index contributed by atoms with van der Waals surface area (Å²) >= 11 is 0. The van der Waals surface area contributed by atoms with Gasteiger partial charge in [-0.25, -0.2) is 0 Å². The van der Waals surface area contributed by atoms with Gasteiger partial charge in [-0.2, -0.15) is 0 Å². The molecule has 0 aromatic rings. The lowest BCUT2D eigenvalue weighted by molar-refractivity contribution is -0.149. The Labute approximate surface area is 88.7 Å². The van der Waals surface area contributed by atoms with E-state index in [1.54, 1.807) is 13.8 Å². The van der Waals surface area contributed by atoms with Gasteiger partial charge in [0.15, 0.2) is 0 Å². The zero-order valence-corrected chi connectivity index (χ0v) is 9.01. The molecule has 5 heteroatoms. The van der Waals surface area contributed by atoms with E-state index in [1.807, 2.05) is 0 Å². The molecule has 0 rings (SSSR count). The van der Waals surface area contributed by atoms with Crippen molar-refractivity contribution in [2.45, 2.75) is 39.2 Å². The second-order valence-electron chi connectivity index (χ2n) is 3.60. The quantitative estimate of drug-likeness (QED) is 0.591. The minimum Gasteiger partial charge on any atom is -0.481 e. The molecule has 3 atom stereocenters. The van der Waals surface area contributed by atoms with Crippen LogP contribution in [0.1, 0.15) is 33.1 Å². The van der Waals surface area contributed by atoms with Crippen LogP contribution in [0.15, 0.2) is 0 Å². The number of aliphatic hydroxyl groups is 1. The fraction of sp³-hybridized carbons (Fsp3) is 0.800. The van der Waals surface area contributed by atoms with Gasteiger partial charge in [0.05, 0.1) is 17.9 Å². The third-order valence-corrected chi connectivity index (χ3v) is 2.59. The van der Waals surface area contributed by atoms with E-state index in [0.717, 1.165) is 0 Å². The Morgan fingerprint density at radius 1 is 1.07 bits per heavy atom.